The fourth-order valence-electron chi connectivity index (χ4n) is 2.25. The summed E-state index contributed by atoms with van der Waals surface area (Å²) in [5.41, 5.74) is 5.47. The van der Waals surface area contributed by atoms with Crippen molar-refractivity contribution in [3.8, 4) is 0 Å². The number of hydrogen-bond donors (Lipinski definition) is 2. The molecule has 7 nitrogen and oxygen atoms in total. The number of imidazole rings is 1. The van der Waals surface area contributed by atoms with E-state index in [-0.39, 0.29) is 5.88 Å². The van der Waals surface area contributed by atoms with Crippen LogP contribution in [0.2, 0.25) is 0 Å². The van der Waals surface area contributed by atoms with Crippen LogP contribution in [0.1, 0.15) is 15.9 Å². The topological polar surface area (TPSA) is 79.1 Å². The van der Waals surface area contributed by atoms with Gasteiger partial charge in [0.2, 0.25) is 5.88 Å². The van der Waals surface area contributed by atoms with Crippen molar-refractivity contribution in [3.05, 3.63) is 41.7 Å². The number of aromatic nitrogens is 2. The molecule has 2 aromatic heterocycles. The molecule has 1 aliphatic rings. The van der Waals surface area contributed by atoms with Gasteiger partial charge in [0.25, 0.3) is 0 Å². The molecule has 0 unspecified atom stereocenters. The Bertz CT molecular complexity index is 719. The minimum atomic E-state index is -0.429. The summed E-state index contributed by atoms with van der Waals surface area (Å²) < 4.78 is 6.49. The van der Waals surface area contributed by atoms with Gasteiger partial charge in [0.05, 0.1) is 12.7 Å². The molecule has 0 fully saturated rings. The zero-order valence-corrected chi connectivity index (χ0v) is 11.1. The molecule has 0 aliphatic carbocycles. The molecule has 0 bridgehead atoms. The summed E-state index contributed by atoms with van der Waals surface area (Å²) >= 11 is 0. The first-order chi connectivity index (χ1) is 9.61. The highest BCUT2D eigenvalue weighted by Crippen LogP contribution is 2.26. The molecular weight excluding hydrogens is 260 g/mol. The molecule has 20 heavy (non-hydrogen) atoms. The maximum Gasteiger partial charge on any atom is 0.339 e. The summed E-state index contributed by atoms with van der Waals surface area (Å²) in [5, 5.41) is 11.6. The first-order valence-corrected chi connectivity index (χ1v) is 6.06. The van der Waals surface area contributed by atoms with Crippen LogP contribution in [0.25, 0.3) is 11.2 Å². The summed E-state index contributed by atoms with van der Waals surface area (Å²) in [7, 11) is 3.05. The number of hydrogen-bond acceptors (Lipinski definition) is 6. The van der Waals surface area contributed by atoms with Gasteiger partial charge in [-0.3, -0.25) is 5.01 Å². The van der Waals surface area contributed by atoms with Crippen molar-refractivity contribution in [2.75, 3.05) is 20.7 Å². The third-order valence-electron chi connectivity index (χ3n) is 3.31. The average molecular weight is 274 g/mol. The van der Waals surface area contributed by atoms with Gasteiger partial charge >= 0.3 is 5.97 Å². The highest BCUT2D eigenvalue weighted by Gasteiger charge is 2.23. The summed E-state index contributed by atoms with van der Waals surface area (Å²) in [5.74, 6) is -0.307. The normalized spacial score (nSPS) is 15.2. The minimum Gasteiger partial charge on any atom is -0.494 e. The van der Waals surface area contributed by atoms with Gasteiger partial charge in [0, 0.05) is 43.3 Å². The van der Waals surface area contributed by atoms with Crippen LogP contribution in [0.15, 0.2) is 30.5 Å². The van der Waals surface area contributed by atoms with Gasteiger partial charge in [0.15, 0.2) is 0 Å². The van der Waals surface area contributed by atoms with Crippen LogP contribution in [0.3, 0.4) is 0 Å². The van der Waals surface area contributed by atoms with Crippen LogP contribution in [-0.4, -0.2) is 46.2 Å². The van der Waals surface area contributed by atoms with E-state index in [2.05, 4.69) is 10.4 Å². The number of hydrazine groups is 1. The van der Waals surface area contributed by atoms with E-state index in [1.165, 1.54) is 12.1 Å². The molecule has 0 radical (unpaired) electrons. The van der Waals surface area contributed by atoms with Crippen LogP contribution in [0.5, 0.6) is 0 Å². The lowest BCUT2D eigenvalue weighted by Gasteiger charge is -2.10. The molecule has 0 saturated carbocycles. The van der Waals surface area contributed by atoms with Gasteiger partial charge in [0.1, 0.15) is 5.65 Å². The Morgan fingerprint density at radius 3 is 3.00 bits per heavy atom. The third-order valence-corrected chi connectivity index (χ3v) is 3.31. The minimum absolute atomic E-state index is 0.122. The molecule has 3 heterocycles. The predicted octanol–water partition coefficient (Wildman–Crippen LogP) is 0.797. The van der Waals surface area contributed by atoms with Crippen molar-refractivity contribution in [1.82, 2.24) is 19.8 Å². The van der Waals surface area contributed by atoms with E-state index < -0.39 is 5.97 Å². The lowest BCUT2D eigenvalue weighted by atomic mass is 10.1. The molecule has 2 aromatic rings. The zero-order valence-electron chi connectivity index (χ0n) is 11.1. The average Bonchev–Trinajstić information content (AvgIpc) is 3.05. The molecule has 7 heteroatoms. The van der Waals surface area contributed by atoms with E-state index in [4.69, 9.17) is 4.74 Å². The van der Waals surface area contributed by atoms with Gasteiger partial charge in [-0.1, -0.05) is 0 Å². The van der Waals surface area contributed by atoms with Crippen molar-refractivity contribution < 1.29 is 14.6 Å². The fraction of sp³-hybridized carbons (Fsp3) is 0.231. The second-order valence-electron chi connectivity index (χ2n) is 4.49. The highest BCUT2D eigenvalue weighted by atomic mass is 16.5. The van der Waals surface area contributed by atoms with Crippen LogP contribution >= 0.6 is 0 Å². The number of nitrogens with one attached hydrogen (secondary N) is 1. The van der Waals surface area contributed by atoms with Crippen LogP contribution < -0.4 is 5.43 Å². The molecule has 1 aliphatic heterocycles. The van der Waals surface area contributed by atoms with Crippen molar-refractivity contribution in [2.45, 2.75) is 0 Å². The van der Waals surface area contributed by atoms with Crippen LogP contribution in [-0.2, 0) is 4.74 Å². The largest absolute Gasteiger partial charge is 0.494 e. The van der Waals surface area contributed by atoms with E-state index >= 15 is 0 Å². The lowest BCUT2D eigenvalue weighted by Crippen LogP contribution is -2.27. The molecule has 2 N–H and O–H groups in total. The van der Waals surface area contributed by atoms with Gasteiger partial charge in [-0.2, -0.15) is 0 Å². The number of nitrogens with zero attached hydrogens (tertiary/aromatic N) is 3. The molecule has 0 aromatic carbocycles. The van der Waals surface area contributed by atoms with Crippen LogP contribution in [0.4, 0.5) is 0 Å². The Kier molecular flexibility index (Phi) is 2.83. The first kappa shape index (κ1) is 12.5. The number of esters is 1. The third kappa shape index (κ3) is 1.79. The number of methoxy groups -OCH3 is 1. The summed E-state index contributed by atoms with van der Waals surface area (Å²) in [6.45, 7) is 0.468. The smallest absolute Gasteiger partial charge is 0.339 e. The van der Waals surface area contributed by atoms with Crippen molar-refractivity contribution >= 4 is 17.2 Å². The van der Waals surface area contributed by atoms with Gasteiger partial charge in [-0.25, -0.2) is 15.2 Å². The summed E-state index contributed by atoms with van der Waals surface area (Å²) in [4.78, 5) is 16.0. The Morgan fingerprint density at radius 2 is 2.35 bits per heavy atom. The Labute approximate surface area is 115 Å². The summed E-state index contributed by atoms with van der Waals surface area (Å²) in [6, 6.07) is 1.68. The number of carbonyl (C=O) groups excluding carboxylic acids is 1. The number of carbonyl (C=O) groups is 1. The number of aliphatic hydroxyl groups excluding tert-OH is 1. The molecule has 104 valence electrons. The van der Waals surface area contributed by atoms with Crippen molar-refractivity contribution in [3.63, 3.8) is 0 Å². The molecule has 0 atom stereocenters. The Hall–Kier alpha value is -2.54. The van der Waals surface area contributed by atoms with E-state index in [0.717, 1.165) is 0 Å². The van der Waals surface area contributed by atoms with E-state index in [1.807, 2.05) is 0 Å². The Balaban J connectivity index is 2.23. The number of fused-ring (bicyclic) bond motifs is 1. The fourth-order valence-corrected chi connectivity index (χ4v) is 2.25. The number of aliphatic hydroxyl groups is 1. The second-order valence-corrected chi connectivity index (χ2v) is 4.49. The van der Waals surface area contributed by atoms with Crippen LogP contribution in [0, 0.1) is 0 Å². The molecule has 0 spiro atoms. The highest BCUT2D eigenvalue weighted by molar-refractivity contribution is 5.92. The van der Waals surface area contributed by atoms with Crippen molar-refractivity contribution in [1.29, 1.82) is 0 Å². The number of rotatable bonds is 2. The van der Waals surface area contributed by atoms with Crippen molar-refractivity contribution in [2.24, 2.45) is 0 Å². The zero-order chi connectivity index (χ0) is 14.3. The maximum absolute atomic E-state index is 11.7. The molecular formula is C13H14N4O3. The quantitative estimate of drug-likeness (QED) is 0.789. The second kappa shape index (κ2) is 4.53. The molecule has 0 amide bonds. The molecule has 3 rings (SSSR count). The van der Waals surface area contributed by atoms with E-state index in [1.54, 1.807) is 36.1 Å². The number of pyridine rings is 1. The maximum atomic E-state index is 11.7. The Morgan fingerprint density at radius 1 is 1.55 bits per heavy atom. The van der Waals surface area contributed by atoms with Gasteiger partial charge in [-0.15, -0.1) is 0 Å². The van der Waals surface area contributed by atoms with E-state index in [0.29, 0.717) is 28.9 Å². The molecule has 0 saturated heterocycles. The number of ether oxygens (including phenoxy) is 1. The van der Waals surface area contributed by atoms with Gasteiger partial charge < -0.3 is 14.2 Å². The predicted molar refractivity (Wildman–Crippen MR) is 71.8 cm³/mol. The lowest BCUT2D eigenvalue weighted by molar-refractivity contribution is 0.0600. The van der Waals surface area contributed by atoms with E-state index in [9.17, 15) is 9.90 Å². The standard InChI is InChI=1S/C13H14N4O3/c1-16-12(18)10(6-15-16)9-5-8(13(19)20-2)7-17-4-3-14-11(9)17/h3-5,7,15,18H,6H2,1-2H3. The first-order valence-electron chi connectivity index (χ1n) is 6.06. The SMILES string of the molecule is COC(=O)c1cc(C2=C(O)N(C)NC2)c2nccn2c1. The van der Waals surface area contributed by atoms with Gasteiger partial charge in [-0.05, 0) is 6.07 Å². The monoisotopic (exact) mass is 274 g/mol. The summed E-state index contributed by atoms with van der Waals surface area (Å²) in [6.07, 6.45) is 5.04.